The van der Waals surface area contributed by atoms with Crippen LogP contribution in [0.2, 0.25) is 5.02 Å². The number of carbonyl (C=O) groups is 1. The van der Waals surface area contributed by atoms with Crippen molar-refractivity contribution in [3.8, 4) is 0 Å². The van der Waals surface area contributed by atoms with Crippen molar-refractivity contribution in [1.29, 1.82) is 0 Å². The van der Waals surface area contributed by atoms with Crippen molar-refractivity contribution in [2.75, 3.05) is 5.32 Å². The Bertz CT molecular complexity index is 1470. The van der Waals surface area contributed by atoms with Gasteiger partial charge >= 0.3 is 0 Å². The lowest BCUT2D eigenvalue weighted by atomic mass is 9.69. The first-order chi connectivity index (χ1) is 18.0. The second kappa shape index (κ2) is 10.0. The van der Waals surface area contributed by atoms with Gasteiger partial charge in [-0.1, -0.05) is 41.9 Å². The van der Waals surface area contributed by atoms with E-state index in [-0.39, 0.29) is 34.0 Å². The van der Waals surface area contributed by atoms with E-state index in [1.165, 1.54) is 24.3 Å². The van der Waals surface area contributed by atoms with E-state index in [2.05, 4.69) is 5.32 Å². The van der Waals surface area contributed by atoms with E-state index in [4.69, 9.17) is 11.6 Å². The summed E-state index contributed by atoms with van der Waals surface area (Å²) in [5.74, 6) is -3.78. The quantitative estimate of drug-likeness (QED) is 0.379. The first kappa shape index (κ1) is 26.7. The molecule has 2 fully saturated rings. The number of amides is 1. The van der Waals surface area contributed by atoms with Crippen LogP contribution in [0.15, 0.2) is 71.6 Å². The summed E-state index contributed by atoms with van der Waals surface area (Å²) in [6.45, 7) is 0. The molecule has 3 N–H and O–H groups in total. The highest BCUT2D eigenvalue weighted by Crippen LogP contribution is 2.56. The van der Waals surface area contributed by atoms with Crippen molar-refractivity contribution in [3.63, 3.8) is 0 Å². The minimum atomic E-state index is -4.01. The van der Waals surface area contributed by atoms with E-state index in [1.54, 1.807) is 24.3 Å². The summed E-state index contributed by atoms with van der Waals surface area (Å²) in [6.07, 6.45) is 0.307. The number of sulfone groups is 1. The zero-order valence-corrected chi connectivity index (χ0v) is 21.7. The van der Waals surface area contributed by atoms with Crippen LogP contribution < -0.4 is 5.32 Å². The maximum atomic E-state index is 13.7. The van der Waals surface area contributed by atoms with Crippen LogP contribution in [0, 0.1) is 23.5 Å². The molecule has 0 saturated heterocycles. The van der Waals surface area contributed by atoms with E-state index in [0.29, 0.717) is 18.4 Å². The highest BCUT2D eigenvalue weighted by Gasteiger charge is 2.59. The number of rotatable bonds is 6. The zero-order valence-electron chi connectivity index (χ0n) is 20.1. The van der Waals surface area contributed by atoms with E-state index < -0.39 is 56.2 Å². The molecule has 3 atom stereocenters. The second-order valence-electron chi connectivity index (χ2n) is 10.0. The highest BCUT2D eigenvalue weighted by atomic mass is 35.5. The lowest BCUT2D eigenvalue weighted by Gasteiger charge is -2.45. The minimum Gasteiger partial charge on any atom is -0.386 e. The summed E-state index contributed by atoms with van der Waals surface area (Å²) >= 11 is 6.29. The van der Waals surface area contributed by atoms with Crippen LogP contribution in [0.4, 0.5) is 14.5 Å². The molecule has 6 nitrogen and oxygen atoms in total. The number of halogens is 3. The number of aliphatic hydroxyl groups is 2. The summed E-state index contributed by atoms with van der Waals surface area (Å²) < 4.78 is 54.2. The summed E-state index contributed by atoms with van der Waals surface area (Å²) in [7, 11) is -4.01. The van der Waals surface area contributed by atoms with E-state index >= 15 is 0 Å². The number of fused-ring (bicyclic) bond motifs is 2. The fraction of sp³-hybridized carbons (Fsp3) is 0.321. The van der Waals surface area contributed by atoms with Crippen LogP contribution in [0.5, 0.6) is 0 Å². The smallest absolute Gasteiger partial charge is 0.255 e. The van der Waals surface area contributed by atoms with Gasteiger partial charge in [-0.05, 0) is 73.4 Å². The Hall–Kier alpha value is -2.85. The largest absolute Gasteiger partial charge is 0.386 e. The molecule has 0 radical (unpaired) electrons. The monoisotopic (exact) mass is 561 g/mol. The van der Waals surface area contributed by atoms with Gasteiger partial charge in [0.2, 0.25) is 0 Å². The molecule has 10 heteroatoms. The Labute approximate surface area is 224 Å². The molecule has 3 unspecified atom stereocenters. The van der Waals surface area contributed by atoms with Crippen LogP contribution in [-0.2, 0) is 9.84 Å². The molecule has 2 bridgehead atoms. The molecule has 5 rings (SSSR count). The highest BCUT2D eigenvalue weighted by molar-refractivity contribution is 7.92. The molecule has 1 amide bonds. The van der Waals surface area contributed by atoms with Gasteiger partial charge in [0.1, 0.15) is 11.7 Å². The molecular weight excluding hydrogens is 536 g/mol. The van der Waals surface area contributed by atoms with E-state index in [1.807, 2.05) is 6.07 Å². The van der Waals surface area contributed by atoms with Crippen molar-refractivity contribution in [3.05, 3.63) is 94.5 Å². The maximum absolute atomic E-state index is 13.7. The number of hydrogen-bond acceptors (Lipinski definition) is 5. The molecule has 0 spiro atoms. The molecular formula is C28H26ClF2NO5S. The predicted molar refractivity (Wildman–Crippen MR) is 139 cm³/mol. The Kier molecular flexibility index (Phi) is 7.06. The fourth-order valence-corrected chi connectivity index (χ4v) is 8.37. The summed E-state index contributed by atoms with van der Waals surface area (Å²) in [4.78, 5) is 12.5. The van der Waals surface area contributed by atoms with Gasteiger partial charge in [-0.25, -0.2) is 17.2 Å². The van der Waals surface area contributed by atoms with Gasteiger partial charge in [-0.3, -0.25) is 4.79 Å². The molecule has 2 aliphatic rings. The second-order valence-corrected chi connectivity index (χ2v) is 12.6. The Morgan fingerprint density at radius 1 is 0.974 bits per heavy atom. The average Bonchev–Trinajstić information content (AvgIpc) is 3.06. The normalized spacial score (nSPS) is 25.7. The minimum absolute atomic E-state index is 0.00775. The van der Waals surface area contributed by atoms with Crippen molar-refractivity contribution in [1.82, 2.24) is 0 Å². The zero-order chi connectivity index (χ0) is 27.2. The van der Waals surface area contributed by atoms with Gasteiger partial charge in [0, 0.05) is 17.3 Å². The van der Waals surface area contributed by atoms with Gasteiger partial charge < -0.3 is 15.5 Å². The first-order valence-electron chi connectivity index (χ1n) is 12.3. The van der Waals surface area contributed by atoms with E-state index in [0.717, 1.165) is 12.1 Å². The molecule has 3 aromatic rings. The molecule has 2 saturated carbocycles. The number of hydrogen-bond donors (Lipinski definition) is 3. The van der Waals surface area contributed by atoms with Crippen LogP contribution in [0.3, 0.4) is 0 Å². The maximum Gasteiger partial charge on any atom is 0.255 e. The molecule has 0 aromatic heterocycles. The number of carbonyl (C=O) groups excluding carboxylic acids is 1. The van der Waals surface area contributed by atoms with Gasteiger partial charge in [-0.2, -0.15) is 0 Å². The van der Waals surface area contributed by atoms with Crippen molar-refractivity contribution in [2.24, 2.45) is 11.8 Å². The molecule has 200 valence electrons. The standard InChI is InChI=1S/C28H26ClF2NO5S/c29-22-10-6-17(27(34)32-20-9-11-23(30)24(31)15-20)12-25(22)38(36,37)21-13-18-7-8-19(14-21)28(18,35)26(33)16-4-2-1-3-5-16/h1-6,9-12,15,18-19,21,26,33,35H,7-8,13-14H2,(H,32,34). The molecule has 0 heterocycles. The first-order valence-corrected chi connectivity index (χ1v) is 14.2. The third-order valence-corrected chi connectivity index (χ3v) is 10.6. The lowest BCUT2D eigenvalue weighted by molar-refractivity contribution is -0.144. The number of aliphatic hydroxyl groups excluding tert-OH is 1. The predicted octanol–water partition coefficient (Wildman–Crippen LogP) is 5.30. The lowest BCUT2D eigenvalue weighted by Crippen LogP contribution is -2.52. The summed E-state index contributed by atoms with van der Waals surface area (Å²) in [6, 6.07) is 15.5. The summed E-state index contributed by atoms with van der Waals surface area (Å²) in [5.41, 5.74) is -0.875. The number of nitrogens with one attached hydrogen (secondary N) is 1. The van der Waals surface area contributed by atoms with Gasteiger partial charge in [0.05, 0.1) is 15.2 Å². The van der Waals surface area contributed by atoms with Crippen LogP contribution in [0.1, 0.15) is 47.7 Å². The van der Waals surface area contributed by atoms with Crippen LogP contribution in [-0.4, -0.2) is 35.4 Å². The van der Waals surface area contributed by atoms with Gasteiger partial charge in [0.25, 0.3) is 5.91 Å². The Morgan fingerprint density at radius 2 is 1.63 bits per heavy atom. The molecule has 2 aliphatic carbocycles. The Morgan fingerprint density at radius 3 is 2.26 bits per heavy atom. The van der Waals surface area contributed by atoms with Crippen LogP contribution >= 0.6 is 11.6 Å². The third kappa shape index (κ3) is 4.62. The third-order valence-electron chi connectivity index (χ3n) is 7.94. The van der Waals surface area contributed by atoms with Crippen molar-refractivity contribution in [2.45, 2.75) is 47.5 Å². The van der Waals surface area contributed by atoms with E-state index in [9.17, 15) is 32.2 Å². The summed E-state index contributed by atoms with van der Waals surface area (Å²) in [5, 5.41) is 24.2. The number of anilines is 1. The molecule has 0 aliphatic heterocycles. The van der Waals surface area contributed by atoms with Crippen molar-refractivity contribution >= 4 is 33.0 Å². The van der Waals surface area contributed by atoms with Gasteiger partial charge in [0.15, 0.2) is 21.5 Å². The SMILES string of the molecule is O=C(Nc1ccc(F)c(F)c1)c1ccc(Cl)c(S(=O)(=O)C2CC3CCC(C2)C3(O)C(O)c2ccccc2)c1. The molecule has 3 aromatic carbocycles. The fourth-order valence-electron chi connectivity index (χ4n) is 5.96. The van der Waals surface area contributed by atoms with Gasteiger partial charge in [-0.15, -0.1) is 0 Å². The average molecular weight is 562 g/mol. The topological polar surface area (TPSA) is 104 Å². The van der Waals surface area contributed by atoms with Crippen molar-refractivity contribution < 1.29 is 32.2 Å². The van der Waals surface area contributed by atoms with Crippen LogP contribution in [0.25, 0.3) is 0 Å². The Balaban J connectivity index is 1.39. The number of benzene rings is 3. The molecule has 38 heavy (non-hydrogen) atoms.